The van der Waals surface area contributed by atoms with Crippen molar-refractivity contribution >= 4 is 37.7 Å². The highest BCUT2D eigenvalue weighted by molar-refractivity contribution is 9.10. The summed E-state index contributed by atoms with van der Waals surface area (Å²) in [7, 11) is 2.02. The smallest absolute Gasteiger partial charge is 0.133 e. The molecule has 0 saturated carbocycles. The summed E-state index contributed by atoms with van der Waals surface area (Å²) in [6.45, 7) is 1.26. The van der Waals surface area contributed by atoms with E-state index in [0.717, 1.165) is 26.9 Å². The summed E-state index contributed by atoms with van der Waals surface area (Å²) in [6, 6.07) is 10.2. The van der Waals surface area contributed by atoms with E-state index in [1.165, 1.54) is 5.56 Å². The molecule has 0 aliphatic carbocycles. The van der Waals surface area contributed by atoms with Crippen LogP contribution < -0.4 is 10.6 Å². The van der Waals surface area contributed by atoms with Gasteiger partial charge in [-0.25, -0.2) is 4.98 Å². The van der Waals surface area contributed by atoms with E-state index in [-0.39, 0.29) is 0 Å². The van der Waals surface area contributed by atoms with Gasteiger partial charge >= 0.3 is 0 Å². The number of halogens is 2. The van der Waals surface area contributed by atoms with Gasteiger partial charge in [-0.2, -0.15) is 0 Å². The van der Waals surface area contributed by atoms with Gasteiger partial charge in [0, 0.05) is 40.8 Å². The van der Waals surface area contributed by atoms with E-state index < -0.39 is 0 Å². The average Bonchev–Trinajstić information content (AvgIpc) is 2.41. The van der Waals surface area contributed by atoms with Crippen LogP contribution in [0.15, 0.2) is 45.5 Å². The minimum atomic E-state index is 0.474. The second kappa shape index (κ2) is 6.50. The zero-order chi connectivity index (χ0) is 13.8. The van der Waals surface area contributed by atoms with Gasteiger partial charge in [0.2, 0.25) is 0 Å². The first-order valence-electron chi connectivity index (χ1n) is 5.91. The molecule has 19 heavy (non-hydrogen) atoms. The maximum atomic E-state index is 5.78. The molecule has 100 valence electrons. The number of hydrogen-bond donors (Lipinski definition) is 1. The molecule has 0 amide bonds. The molecule has 0 spiro atoms. The third-order valence-corrected chi connectivity index (χ3v) is 4.06. The van der Waals surface area contributed by atoms with Gasteiger partial charge in [-0.05, 0) is 33.6 Å². The summed E-state index contributed by atoms with van der Waals surface area (Å²) in [5.74, 6) is 0.918. The van der Waals surface area contributed by atoms with Crippen molar-refractivity contribution in [3.63, 3.8) is 0 Å². The van der Waals surface area contributed by atoms with E-state index >= 15 is 0 Å². The van der Waals surface area contributed by atoms with Crippen LogP contribution in [0.5, 0.6) is 0 Å². The summed E-state index contributed by atoms with van der Waals surface area (Å²) in [4.78, 5) is 6.56. The van der Waals surface area contributed by atoms with E-state index in [1.54, 1.807) is 6.20 Å². The van der Waals surface area contributed by atoms with Crippen molar-refractivity contribution in [2.24, 2.45) is 5.73 Å². The number of pyridine rings is 1. The third-order valence-electron chi connectivity index (χ3n) is 2.86. The highest BCUT2D eigenvalue weighted by atomic mass is 79.9. The van der Waals surface area contributed by atoms with Crippen molar-refractivity contribution in [2.45, 2.75) is 13.1 Å². The highest BCUT2D eigenvalue weighted by Crippen LogP contribution is 2.24. The first-order valence-corrected chi connectivity index (χ1v) is 7.49. The molecule has 3 nitrogen and oxygen atoms in total. The van der Waals surface area contributed by atoms with Gasteiger partial charge in [0.15, 0.2) is 0 Å². The van der Waals surface area contributed by atoms with Crippen LogP contribution in [0.4, 0.5) is 5.82 Å². The SMILES string of the molecule is CN(Cc1ccccc1Br)c1ncc(Br)cc1CN. The number of nitrogens with zero attached hydrogens (tertiary/aromatic N) is 2. The van der Waals surface area contributed by atoms with Crippen molar-refractivity contribution in [1.82, 2.24) is 4.98 Å². The van der Waals surface area contributed by atoms with Crippen LogP contribution in [0.25, 0.3) is 0 Å². The van der Waals surface area contributed by atoms with Gasteiger partial charge in [-0.3, -0.25) is 0 Å². The van der Waals surface area contributed by atoms with Crippen LogP contribution in [0.2, 0.25) is 0 Å². The fourth-order valence-corrected chi connectivity index (χ4v) is 2.71. The van der Waals surface area contributed by atoms with Crippen LogP contribution in [-0.4, -0.2) is 12.0 Å². The lowest BCUT2D eigenvalue weighted by Gasteiger charge is -2.21. The molecule has 2 aromatic rings. The van der Waals surface area contributed by atoms with Crippen molar-refractivity contribution in [3.8, 4) is 0 Å². The first kappa shape index (κ1) is 14.5. The Kier molecular flexibility index (Phi) is 4.96. The number of benzene rings is 1. The Hall–Kier alpha value is -0.910. The van der Waals surface area contributed by atoms with E-state index in [2.05, 4.69) is 47.8 Å². The molecule has 0 saturated heterocycles. The summed E-state index contributed by atoms with van der Waals surface area (Å²) in [5, 5.41) is 0. The second-order valence-corrected chi connectivity index (χ2v) is 6.06. The molecule has 0 radical (unpaired) electrons. The number of rotatable bonds is 4. The Morgan fingerprint density at radius 3 is 2.63 bits per heavy atom. The zero-order valence-corrected chi connectivity index (χ0v) is 13.8. The largest absolute Gasteiger partial charge is 0.355 e. The molecular formula is C14H15Br2N3. The van der Waals surface area contributed by atoms with E-state index in [0.29, 0.717) is 6.54 Å². The van der Waals surface area contributed by atoms with E-state index in [4.69, 9.17) is 5.73 Å². The number of aromatic nitrogens is 1. The molecule has 0 aliphatic heterocycles. The lowest BCUT2D eigenvalue weighted by atomic mass is 10.2. The molecule has 5 heteroatoms. The Labute approximate surface area is 130 Å². The van der Waals surface area contributed by atoms with Crippen LogP contribution in [0.3, 0.4) is 0 Å². The number of anilines is 1. The second-order valence-electron chi connectivity index (χ2n) is 4.29. The van der Waals surface area contributed by atoms with Gasteiger partial charge in [-0.15, -0.1) is 0 Å². The Morgan fingerprint density at radius 1 is 1.21 bits per heavy atom. The van der Waals surface area contributed by atoms with Gasteiger partial charge in [0.25, 0.3) is 0 Å². The standard InChI is InChI=1S/C14H15Br2N3/c1-19(9-10-4-2-3-5-13(10)16)14-11(7-17)6-12(15)8-18-14/h2-6,8H,7,9,17H2,1H3. The van der Waals surface area contributed by atoms with Crippen molar-refractivity contribution < 1.29 is 0 Å². The third kappa shape index (κ3) is 3.55. The minimum Gasteiger partial charge on any atom is -0.355 e. The first-order chi connectivity index (χ1) is 9.11. The monoisotopic (exact) mass is 383 g/mol. The summed E-state index contributed by atoms with van der Waals surface area (Å²) in [6.07, 6.45) is 1.80. The van der Waals surface area contributed by atoms with Crippen molar-refractivity contribution in [3.05, 3.63) is 56.6 Å². The normalized spacial score (nSPS) is 10.5. The molecular weight excluding hydrogens is 370 g/mol. The average molecular weight is 385 g/mol. The fourth-order valence-electron chi connectivity index (χ4n) is 1.92. The fraction of sp³-hybridized carbons (Fsp3) is 0.214. The molecule has 2 rings (SSSR count). The van der Waals surface area contributed by atoms with E-state index in [1.807, 2.05) is 31.3 Å². The zero-order valence-electron chi connectivity index (χ0n) is 10.6. The van der Waals surface area contributed by atoms with Crippen molar-refractivity contribution in [1.29, 1.82) is 0 Å². The maximum Gasteiger partial charge on any atom is 0.133 e. The topological polar surface area (TPSA) is 42.2 Å². The molecule has 1 aromatic carbocycles. The van der Waals surface area contributed by atoms with Crippen LogP contribution in [-0.2, 0) is 13.1 Å². The molecule has 0 aliphatic rings. The Balaban J connectivity index is 2.25. The maximum absolute atomic E-state index is 5.78. The van der Waals surface area contributed by atoms with Crippen LogP contribution in [0.1, 0.15) is 11.1 Å². The summed E-state index contributed by atoms with van der Waals surface area (Å²) in [5.41, 5.74) is 8.04. The lowest BCUT2D eigenvalue weighted by molar-refractivity contribution is 0.872. The number of nitrogens with two attached hydrogens (primary N) is 1. The molecule has 0 unspecified atom stereocenters. The predicted molar refractivity (Wildman–Crippen MR) is 86.1 cm³/mol. The minimum absolute atomic E-state index is 0.474. The molecule has 1 heterocycles. The molecule has 2 N–H and O–H groups in total. The molecule has 1 aromatic heterocycles. The van der Waals surface area contributed by atoms with Gasteiger partial charge in [0.05, 0.1) is 0 Å². The summed E-state index contributed by atoms with van der Waals surface area (Å²) < 4.78 is 2.05. The van der Waals surface area contributed by atoms with Gasteiger partial charge in [0.1, 0.15) is 5.82 Å². The van der Waals surface area contributed by atoms with E-state index in [9.17, 15) is 0 Å². The highest BCUT2D eigenvalue weighted by Gasteiger charge is 2.10. The van der Waals surface area contributed by atoms with Crippen molar-refractivity contribution in [2.75, 3.05) is 11.9 Å². The lowest BCUT2D eigenvalue weighted by Crippen LogP contribution is -2.20. The predicted octanol–water partition coefficient (Wildman–Crippen LogP) is 3.70. The van der Waals surface area contributed by atoms with Gasteiger partial charge in [-0.1, -0.05) is 34.1 Å². The number of hydrogen-bond acceptors (Lipinski definition) is 3. The molecule has 0 fully saturated rings. The Morgan fingerprint density at radius 2 is 1.95 bits per heavy atom. The summed E-state index contributed by atoms with van der Waals surface area (Å²) >= 11 is 6.99. The molecule has 0 atom stereocenters. The molecule has 0 bridgehead atoms. The van der Waals surface area contributed by atoms with Crippen LogP contribution >= 0.6 is 31.9 Å². The quantitative estimate of drug-likeness (QED) is 0.873. The van der Waals surface area contributed by atoms with Crippen LogP contribution in [0, 0.1) is 0 Å². The van der Waals surface area contributed by atoms with Gasteiger partial charge < -0.3 is 10.6 Å². The Bertz CT molecular complexity index is 572.